The van der Waals surface area contributed by atoms with Crippen molar-refractivity contribution >= 4 is 10.9 Å². The molecule has 1 aliphatic rings. The van der Waals surface area contributed by atoms with E-state index in [0.29, 0.717) is 0 Å². The van der Waals surface area contributed by atoms with Crippen molar-refractivity contribution < 1.29 is 0 Å². The number of pyridine rings is 1. The average Bonchev–Trinajstić information content (AvgIpc) is 2.82. The van der Waals surface area contributed by atoms with E-state index in [1.54, 1.807) is 0 Å². The fraction of sp³-hybridized carbons (Fsp3) is 0.357. The minimum absolute atomic E-state index is 0.788. The zero-order valence-electron chi connectivity index (χ0n) is 8.82. The van der Waals surface area contributed by atoms with Crippen molar-refractivity contribution in [3.63, 3.8) is 0 Å². The Balaban J connectivity index is 2.05. The quantitative estimate of drug-likeness (QED) is 0.675. The van der Waals surface area contributed by atoms with Crippen molar-refractivity contribution in [1.29, 1.82) is 0 Å². The van der Waals surface area contributed by atoms with Gasteiger partial charge in [-0.3, -0.25) is 4.98 Å². The molecule has 0 atom stereocenters. The molecule has 1 aromatic carbocycles. The third-order valence-electron chi connectivity index (χ3n) is 3.46. The van der Waals surface area contributed by atoms with Crippen LogP contribution < -0.4 is 0 Å². The number of fused-ring (bicyclic) bond motifs is 1. The van der Waals surface area contributed by atoms with Crippen LogP contribution in [0.2, 0.25) is 0 Å². The summed E-state index contributed by atoms with van der Waals surface area (Å²) in [6.07, 6.45) is 7.38. The van der Waals surface area contributed by atoms with Gasteiger partial charge in [-0.25, -0.2) is 0 Å². The standard InChI is InChI=1S/C14H15N/c1-2-5-11(4-1)13-8-7-12-6-3-9-15-14(12)10-13/h3,6-11H,1-2,4-5H2. The molecule has 0 N–H and O–H groups in total. The summed E-state index contributed by atoms with van der Waals surface area (Å²) in [7, 11) is 0. The van der Waals surface area contributed by atoms with E-state index in [1.807, 2.05) is 12.3 Å². The lowest BCUT2D eigenvalue weighted by atomic mass is 9.96. The first-order valence-electron chi connectivity index (χ1n) is 5.78. The van der Waals surface area contributed by atoms with Crippen LogP contribution in [0.1, 0.15) is 37.2 Å². The molecule has 0 spiro atoms. The van der Waals surface area contributed by atoms with Gasteiger partial charge in [0.1, 0.15) is 0 Å². The number of benzene rings is 1. The highest BCUT2D eigenvalue weighted by atomic mass is 14.6. The molecule has 1 aliphatic carbocycles. The van der Waals surface area contributed by atoms with E-state index in [0.717, 1.165) is 11.4 Å². The highest BCUT2D eigenvalue weighted by molar-refractivity contribution is 5.79. The number of hydrogen-bond donors (Lipinski definition) is 0. The second kappa shape index (κ2) is 3.65. The van der Waals surface area contributed by atoms with E-state index >= 15 is 0 Å². The Hall–Kier alpha value is -1.37. The van der Waals surface area contributed by atoms with E-state index in [-0.39, 0.29) is 0 Å². The molecule has 0 aliphatic heterocycles. The number of nitrogens with zero attached hydrogens (tertiary/aromatic N) is 1. The van der Waals surface area contributed by atoms with E-state index < -0.39 is 0 Å². The van der Waals surface area contributed by atoms with Crippen LogP contribution in [0.15, 0.2) is 36.5 Å². The van der Waals surface area contributed by atoms with Gasteiger partial charge >= 0.3 is 0 Å². The molecule has 15 heavy (non-hydrogen) atoms. The number of hydrogen-bond acceptors (Lipinski definition) is 1. The molecule has 0 saturated heterocycles. The minimum Gasteiger partial charge on any atom is -0.256 e. The van der Waals surface area contributed by atoms with Gasteiger partial charge in [-0.1, -0.05) is 31.0 Å². The normalized spacial score (nSPS) is 17.3. The molecule has 0 bridgehead atoms. The Morgan fingerprint density at radius 3 is 2.80 bits per heavy atom. The molecule has 0 unspecified atom stereocenters. The lowest BCUT2D eigenvalue weighted by Crippen LogP contribution is -1.92. The Kier molecular flexibility index (Phi) is 2.17. The lowest BCUT2D eigenvalue weighted by Gasteiger charge is -2.09. The number of rotatable bonds is 1. The highest BCUT2D eigenvalue weighted by Crippen LogP contribution is 2.34. The van der Waals surface area contributed by atoms with Crippen molar-refractivity contribution in [1.82, 2.24) is 4.98 Å². The van der Waals surface area contributed by atoms with Gasteiger partial charge < -0.3 is 0 Å². The Labute approximate surface area is 90.2 Å². The van der Waals surface area contributed by atoms with Crippen molar-refractivity contribution in [2.45, 2.75) is 31.6 Å². The molecule has 0 amide bonds. The summed E-state index contributed by atoms with van der Waals surface area (Å²) in [6.45, 7) is 0. The van der Waals surface area contributed by atoms with Crippen LogP contribution in [0.3, 0.4) is 0 Å². The first-order valence-corrected chi connectivity index (χ1v) is 5.78. The smallest absolute Gasteiger partial charge is 0.0704 e. The summed E-state index contributed by atoms with van der Waals surface area (Å²) in [5.74, 6) is 0.788. The molecular weight excluding hydrogens is 182 g/mol. The second-order valence-electron chi connectivity index (χ2n) is 4.44. The fourth-order valence-corrected chi connectivity index (χ4v) is 2.60. The molecule has 1 saturated carbocycles. The molecule has 1 aromatic heterocycles. The average molecular weight is 197 g/mol. The largest absolute Gasteiger partial charge is 0.256 e. The first kappa shape index (κ1) is 8.90. The summed E-state index contributed by atoms with van der Waals surface area (Å²) < 4.78 is 0. The minimum atomic E-state index is 0.788. The van der Waals surface area contributed by atoms with E-state index in [9.17, 15) is 0 Å². The highest BCUT2D eigenvalue weighted by Gasteiger charge is 2.16. The van der Waals surface area contributed by atoms with Crippen molar-refractivity contribution in [3.8, 4) is 0 Å². The van der Waals surface area contributed by atoms with Crippen molar-refractivity contribution in [2.75, 3.05) is 0 Å². The zero-order chi connectivity index (χ0) is 10.1. The summed E-state index contributed by atoms with van der Waals surface area (Å²) in [5, 5.41) is 1.25. The molecule has 76 valence electrons. The van der Waals surface area contributed by atoms with Crippen LogP contribution in [-0.2, 0) is 0 Å². The molecule has 3 rings (SSSR count). The maximum absolute atomic E-state index is 4.41. The predicted molar refractivity (Wildman–Crippen MR) is 63.0 cm³/mol. The molecular formula is C14H15N. The molecule has 1 heterocycles. The molecule has 0 radical (unpaired) electrons. The maximum atomic E-state index is 4.41. The third kappa shape index (κ3) is 1.63. The number of aromatic nitrogens is 1. The van der Waals surface area contributed by atoms with Crippen LogP contribution in [0.5, 0.6) is 0 Å². The second-order valence-corrected chi connectivity index (χ2v) is 4.44. The van der Waals surface area contributed by atoms with Gasteiger partial charge in [0.25, 0.3) is 0 Å². The first-order chi connectivity index (χ1) is 7.43. The Morgan fingerprint density at radius 1 is 1.07 bits per heavy atom. The van der Waals surface area contributed by atoms with Crippen LogP contribution >= 0.6 is 0 Å². The molecule has 1 nitrogen and oxygen atoms in total. The lowest BCUT2D eigenvalue weighted by molar-refractivity contribution is 0.724. The van der Waals surface area contributed by atoms with Crippen LogP contribution in [-0.4, -0.2) is 4.98 Å². The topological polar surface area (TPSA) is 12.9 Å². The SMILES string of the molecule is c1cnc2cc(C3CCCC3)ccc2c1. The summed E-state index contributed by atoms with van der Waals surface area (Å²) in [6, 6.07) is 10.9. The summed E-state index contributed by atoms with van der Waals surface area (Å²) in [4.78, 5) is 4.41. The van der Waals surface area contributed by atoms with Crippen molar-refractivity contribution in [3.05, 3.63) is 42.1 Å². The maximum Gasteiger partial charge on any atom is 0.0704 e. The molecule has 1 fully saturated rings. The van der Waals surface area contributed by atoms with Gasteiger partial charge in [0.05, 0.1) is 5.52 Å². The third-order valence-corrected chi connectivity index (χ3v) is 3.46. The van der Waals surface area contributed by atoms with E-state index in [1.165, 1.54) is 36.6 Å². The zero-order valence-corrected chi connectivity index (χ0v) is 8.82. The molecule has 2 aromatic rings. The fourth-order valence-electron chi connectivity index (χ4n) is 2.60. The van der Waals surface area contributed by atoms with Crippen LogP contribution in [0.4, 0.5) is 0 Å². The summed E-state index contributed by atoms with van der Waals surface area (Å²) >= 11 is 0. The monoisotopic (exact) mass is 197 g/mol. The van der Waals surface area contributed by atoms with Crippen LogP contribution in [0.25, 0.3) is 10.9 Å². The van der Waals surface area contributed by atoms with Gasteiger partial charge in [-0.15, -0.1) is 0 Å². The van der Waals surface area contributed by atoms with E-state index in [4.69, 9.17) is 0 Å². The Bertz CT molecular complexity index is 469. The Morgan fingerprint density at radius 2 is 1.93 bits per heavy atom. The van der Waals surface area contributed by atoms with Gasteiger partial charge in [0.15, 0.2) is 0 Å². The van der Waals surface area contributed by atoms with E-state index in [2.05, 4.69) is 29.2 Å². The van der Waals surface area contributed by atoms with Gasteiger partial charge in [0.2, 0.25) is 0 Å². The van der Waals surface area contributed by atoms with Gasteiger partial charge in [-0.05, 0) is 36.5 Å². The van der Waals surface area contributed by atoms with Gasteiger partial charge in [-0.2, -0.15) is 0 Å². The van der Waals surface area contributed by atoms with Gasteiger partial charge in [0, 0.05) is 11.6 Å². The molecule has 1 heteroatoms. The van der Waals surface area contributed by atoms with Crippen molar-refractivity contribution in [2.24, 2.45) is 0 Å². The summed E-state index contributed by atoms with van der Waals surface area (Å²) in [5.41, 5.74) is 2.63. The predicted octanol–water partition coefficient (Wildman–Crippen LogP) is 3.89. The van der Waals surface area contributed by atoms with Crippen LogP contribution in [0, 0.1) is 0 Å².